The fraction of sp³-hybridized carbons (Fsp3) is 0.429. The molecule has 192 valence electrons. The maximum atomic E-state index is 15.0. The quantitative estimate of drug-likeness (QED) is 0.320. The molecule has 2 aromatic carbocycles. The number of hydrogen-bond acceptors (Lipinski definition) is 6. The molecule has 0 aliphatic carbocycles. The van der Waals surface area contributed by atoms with Crippen molar-refractivity contribution < 1.29 is 28.6 Å². The summed E-state index contributed by atoms with van der Waals surface area (Å²) >= 11 is 0. The van der Waals surface area contributed by atoms with Crippen LogP contribution in [0.3, 0.4) is 0 Å². The van der Waals surface area contributed by atoms with Gasteiger partial charge in [0.15, 0.2) is 0 Å². The summed E-state index contributed by atoms with van der Waals surface area (Å²) < 4.78 is 26.0. The fourth-order valence-corrected chi connectivity index (χ4v) is 4.78. The standard InChI is InChI=1S/C28H33FN2O5/c1-3-15-36-20-9-10-21(19(2)18-20)26(32)24-25(22-7-4-5-8-23(22)29)31(28(34)27(24)33)12-6-11-30-13-16-35-17-14-30/h4-5,7-10,18,25,32H,3,6,11-17H2,1-2H3/t25-/m0/s1. The molecule has 4 rings (SSSR count). The first kappa shape index (κ1) is 25.9. The van der Waals surface area contributed by atoms with E-state index in [9.17, 15) is 19.1 Å². The summed E-state index contributed by atoms with van der Waals surface area (Å²) in [6.45, 7) is 8.32. The van der Waals surface area contributed by atoms with Crippen LogP contribution in [0, 0.1) is 12.7 Å². The highest BCUT2D eigenvalue weighted by Crippen LogP contribution is 2.41. The van der Waals surface area contributed by atoms with Gasteiger partial charge >= 0.3 is 0 Å². The molecular weight excluding hydrogens is 463 g/mol. The Morgan fingerprint density at radius 1 is 1.14 bits per heavy atom. The van der Waals surface area contributed by atoms with E-state index in [0.29, 0.717) is 43.1 Å². The van der Waals surface area contributed by atoms with Crippen LogP contribution in [0.4, 0.5) is 4.39 Å². The van der Waals surface area contributed by atoms with Crippen LogP contribution in [0.15, 0.2) is 48.0 Å². The average Bonchev–Trinajstić information content (AvgIpc) is 3.13. The second-order valence-corrected chi connectivity index (χ2v) is 9.15. The summed E-state index contributed by atoms with van der Waals surface area (Å²) in [5, 5.41) is 11.3. The monoisotopic (exact) mass is 496 g/mol. The number of halogens is 1. The van der Waals surface area contributed by atoms with Crippen LogP contribution in [-0.2, 0) is 14.3 Å². The second kappa shape index (κ2) is 11.7. The van der Waals surface area contributed by atoms with Crippen molar-refractivity contribution in [1.29, 1.82) is 0 Å². The number of nitrogens with zero attached hydrogens (tertiary/aromatic N) is 2. The summed E-state index contributed by atoms with van der Waals surface area (Å²) in [5.74, 6) is -1.73. The van der Waals surface area contributed by atoms with Gasteiger partial charge < -0.3 is 19.5 Å². The Morgan fingerprint density at radius 3 is 2.58 bits per heavy atom. The number of Topliss-reactive ketones (excluding diaryl/α,β-unsaturated/α-hetero) is 1. The summed E-state index contributed by atoms with van der Waals surface area (Å²) in [5.41, 5.74) is 1.19. The Bertz CT molecular complexity index is 1140. The zero-order valence-corrected chi connectivity index (χ0v) is 20.8. The van der Waals surface area contributed by atoms with Gasteiger partial charge in [0.2, 0.25) is 0 Å². The molecule has 2 heterocycles. The SMILES string of the molecule is CCCOc1ccc(C(O)=C2C(=O)C(=O)N(CCCN3CCOCC3)[C@H]2c2ccccc2F)c(C)c1. The first-order valence-electron chi connectivity index (χ1n) is 12.5. The number of carbonyl (C=O) groups is 2. The maximum absolute atomic E-state index is 15.0. The van der Waals surface area contributed by atoms with Crippen molar-refractivity contribution >= 4 is 17.4 Å². The second-order valence-electron chi connectivity index (χ2n) is 9.15. The third kappa shape index (κ3) is 5.44. The zero-order chi connectivity index (χ0) is 25.7. The van der Waals surface area contributed by atoms with Crippen LogP contribution in [-0.4, -0.2) is 72.6 Å². The molecule has 0 radical (unpaired) electrons. The summed E-state index contributed by atoms with van der Waals surface area (Å²) in [4.78, 5) is 30.0. The fourth-order valence-electron chi connectivity index (χ4n) is 4.78. The Hall–Kier alpha value is -3.23. The highest BCUT2D eigenvalue weighted by atomic mass is 19.1. The predicted molar refractivity (Wildman–Crippen MR) is 134 cm³/mol. The van der Waals surface area contributed by atoms with Crippen LogP contribution in [0.25, 0.3) is 5.76 Å². The topological polar surface area (TPSA) is 79.3 Å². The van der Waals surface area contributed by atoms with E-state index in [-0.39, 0.29) is 23.4 Å². The van der Waals surface area contributed by atoms with Gasteiger partial charge in [0.1, 0.15) is 17.3 Å². The normalized spacial score (nSPS) is 20.2. The number of ether oxygens (including phenoxy) is 2. The minimum absolute atomic E-state index is 0.0956. The molecule has 2 saturated heterocycles. The molecule has 36 heavy (non-hydrogen) atoms. The van der Waals surface area contributed by atoms with Crippen LogP contribution in [0.2, 0.25) is 0 Å². The Labute approximate surface area is 211 Å². The number of likely N-dealkylation sites (tertiary alicyclic amines) is 1. The molecule has 1 amide bonds. The number of benzene rings is 2. The highest BCUT2D eigenvalue weighted by Gasteiger charge is 2.46. The van der Waals surface area contributed by atoms with Gasteiger partial charge in [0, 0.05) is 37.3 Å². The number of aliphatic hydroxyl groups excluding tert-OH is 1. The first-order valence-corrected chi connectivity index (χ1v) is 12.5. The van der Waals surface area contributed by atoms with Gasteiger partial charge in [-0.15, -0.1) is 0 Å². The maximum Gasteiger partial charge on any atom is 0.295 e. The molecule has 8 heteroatoms. The summed E-state index contributed by atoms with van der Waals surface area (Å²) in [6, 6.07) is 10.2. The molecule has 0 spiro atoms. The highest BCUT2D eigenvalue weighted by molar-refractivity contribution is 6.46. The molecule has 7 nitrogen and oxygen atoms in total. The minimum atomic E-state index is -1.01. The molecular formula is C28H33FN2O5. The number of rotatable bonds is 9. The van der Waals surface area contributed by atoms with Crippen molar-refractivity contribution in [3.63, 3.8) is 0 Å². The van der Waals surface area contributed by atoms with Gasteiger partial charge in [-0.2, -0.15) is 0 Å². The van der Waals surface area contributed by atoms with Gasteiger partial charge in [-0.25, -0.2) is 4.39 Å². The summed E-state index contributed by atoms with van der Waals surface area (Å²) in [6.07, 6.45) is 1.47. The average molecular weight is 497 g/mol. The van der Waals surface area contributed by atoms with Crippen molar-refractivity contribution in [1.82, 2.24) is 9.80 Å². The van der Waals surface area contributed by atoms with Crippen LogP contribution in [0.1, 0.15) is 42.5 Å². The van der Waals surface area contributed by atoms with Gasteiger partial charge in [0.05, 0.1) is 31.4 Å². The lowest BCUT2D eigenvalue weighted by atomic mass is 9.93. The van der Waals surface area contributed by atoms with E-state index in [4.69, 9.17) is 9.47 Å². The number of amides is 1. The van der Waals surface area contributed by atoms with Crippen molar-refractivity contribution in [2.24, 2.45) is 0 Å². The number of hydrogen-bond donors (Lipinski definition) is 1. The van der Waals surface area contributed by atoms with Gasteiger partial charge in [0.25, 0.3) is 11.7 Å². The van der Waals surface area contributed by atoms with Crippen molar-refractivity contribution in [2.45, 2.75) is 32.7 Å². The van der Waals surface area contributed by atoms with Crippen molar-refractivity contribution in [3.05, 3.63) is 70.5 Å². The Kier molecular flexibility index (Phi) is 8.38. The lowest BCUT2D eigenvalue weighted by molar-refractivity contribution is -0.140. The third-order valence-corrected chi connectivity index (χ3v) is 6.64. The van der Waals surface area contributed by atoms with E-state index in [0.717, 1.165) is 26.1 Å². The van der Waals surface area contributed by atoms with Gasteiger partial charge in [-0.3, -0.25) is 14.5 Å². The van der Waals surface area contributed by atoms with E-state index >= 15 is 0 Å². The third-order valence-electron chi connectivity index (χ3n) is 6.64. The number of ketones is 1. The molecule has 1 N–H and O–H groups in total. The van der Waals surface area contributed by atoms with E-state index in [1.807, 2.05) is 6.92 Å². The van der Waals surface area contributed by atoms with Crippen LogP contribution >= 0.6 is 0 Å². The van der Waals surface area contributed by atoms with E-state index in [1.165, 1.54) is 11.0 Å². The van der Waals surface area contributed by atoms with E-state index in [1.54, 1.807) is 43.3 Å². The lowest BCUT2D eigenvalue weighted by Gasteiger charge is -2.29. The number of carbonyl (C=O) groups excluding carboxylic acids is 2. The smallest absolute Gasteiger partial charge is 0.295 e. The molecule has 2 aromatic rings. The Morgan fingerprint density at radius 2 is 1.89 bits per heavy atom. The van der Waals surface area contributed by atoms with E-state index in [2.05, 4.69) is 4.90 Å². The predicted octanol–water partition coefficient (Wildman–Crippen LogP) is 4.07. The van der Waals surface area contributed by atoms with Gasteiger partial charge in [-0.05, 0) is 49.6 Å². The molecule has 0 unspecified atom stereocenters. The molecule has 0 aromatic heterocycles. The summed E-state index contributed by atoms with van der Waals surface area (Å²) in [7, 11) is 0. The minimum Gasteiger partial charge on any atom is -0.507 e. The number of aryl methyl sites for hydroxylation is 1. The lowest BCUT2D eigenvalue weighted by Crippen LogP contribution is -2.39. The molecule has 0 saturated carbocycles. The van der Waals surface area contributed by atoms with Crippen molar-refractivity contribution in [2.75, 3.05) is 46.0 Å². The molecule has 2 aliphatic heterocycles. The van der Waals surface area contributed by atoms with Crippen LogP contribution in [0.5, 0.6) is 5.75 Å². The zero-order valence-electron chi connectivity index (χ0n) is 20.8. The van der Waals surface area contributed by atoms with Gasteiger partial charge in [-0.1, -0.05) is 25.1 Å². The molecule has 2 aliphatic rings. The van der Waals surface area contributed by atoms with Crippen LogP contribution < -0.4 is 4.74 Å². The Balaban J connectivity index is 1.68. The largest absolute Gasteiger partial charge is 0.507 e. The number of morpholine rings is 1. The molecule has 1 atom stereocenters. The van der Waals surface area contributed by atoms with E-state index < -0.39 is 23.5 Å². The first-order chi connectivity index (χ1) is 17.4. The number of aliphatic hydroxyl groups is 1. The molecule has 0 bridgehead atoms. The molecule has 2 fully saturated rings. The van der Waals surface area contributed by atoms with Crippen molar-refractivity contribution in [3.8, 4) is 5.75 Å².